The predicted molar refractivity (Wildman–Crippen MR) is 151 cm³/mol. The van der Waals surface area contributed by atoms with Gasteiger partial charge in [0.15, 0.2) is 0 Å². The molecule has 230 valence electrons. The van der Waals surface area contributed by atoms with Gasteiger partial charge in [-0.3, -0.25) is 14.4 Å². The lowest BCUT2D eigenvalue weighted by molar-refractivity contribution is -0.202. The molecule has 14 heteroatoms. The Balaban J connectivity index is 1.33. The third-order valence-corrected chi connectivity index (χ3v) is 6.33. The van der Waals surface area contributed by atoms with E-state index in [0.29, 0.717) is 24.5 Å². The molecule has 10 nitrogen and oxygen atoms in total. The first-order valence-corrected chi connectivity index (χ1v) is 13.4. The third-order valence-electron chi connectivity index (χ3n) is 6.33. The van der Waals surface area contributed by atoms with E-state index in [1.807, 2.05) is 24.3 Å². The van der Waals surface area contributed by atoms with Crippen LogP contribution in [0.2, 0.25) is 0 Å². The molecule has 0 spiro atoms. The van der Waals surface area contributed by atoms with Gasteiger partial charge >= 0.3 is 18.1 Å². The summed E-state index contributed by atoms with van der Waals surface area (Å²) < 4.78 is 56.5. The van der Waals surface area contributed by atoms with E-state index >= 15 is 4.39 Å². The van der Waals surface area contributed by atoms with Gasteiger partial charge in [0.05, 0.1) is 30.0 Å². The maximum absolute atomic E-state index is 15.0. The minimum absolute atomic E-state index is 0.0231. The Hall–Kier alpha value is -5.27. The fourth-order valence-corrected chi connectivity index (χ4v) is 4.23. The minimum atomic E-state index is -5.41. The summed E-state index contributed by atoms with van der Waals surface area (Å²) in [5.74, 6) is -5.77. The second kappa shape index (κ2) is 14.3. The van der Waals surface area contributed by atoms with Crippen LogP contribution in [0.3, 0.4) is 0 Å². The van der Waals surface area contributed by atoms with E-state index in [2.05, 4.69) is 30.7 Å². The molecular weight excluding hydrogens is 586 g/mol. The zero-order chi connectivity index (χ0) is 31.7. The number of fused-ring (bicyclic) bond motifs is 1. The van der Waals surface area contributed by atoms with Crippen molar-refractivity contribution in [2.24, 2.45) is 0 Å². The SMILES string of the molecule is O=C(CCCNc1nc2ccccc2[nH]1)NCC(=O)NC(CC(=O)OC(=O)C(F)(F)F)c1ccc(-c2ccccc2)c(F)c1. The highest BCUT2D eigenvalue weighted by Gasteiger charge is 2.42. The van der Waals surface area contributed by atoms with Crippen LogP contribution in [0.5, 0.6) is 0 Å². The summed E-state index contributed by atoms with van der Waals surface area (Å²) in [4.78, 5) is 55.6. The van der Waals surface area contributed by atoms with E-state index in [0.717, 1.165) is 17.1 Å². The number of imidazole rings is 1. The van der Waals surface area contributed by atoms with Crippen LogP contribution in [0.1, 0.15) is 30.9 Å². The van der Waals surface area contributed by atoms with Gasteiger partial charge in [0.1, 0.15) is 5.82 Å². The number of esters is 2. The molecule has 0 aliphatic carbocycles. The number of halogens is 4. The Kier molecular flexibility index (Phi) is 10.3. The molecule has 2 amide bonds. The molecule has 0 fully saturated rings. The number of rotatable bonds is 12. The number of para-hydroxylation sites is 2. The largest absolute Gasteiger partial charge is 0.491 e. The first-order chi connectivity index (χ1) is 21.0. The van der Waals surface area contributed by atoms with Crippen molar-refractivity contribution in [3.05, 3.63) is 84.2 Å². The fourth-order valence-electron chi connectivity index (χ4n) is 4.23. The van der Waals surface area contributed by atoms with Crippen LogP contribution < -0.4 is 16.0 Å². The Morgan fingerprint density at radius 2 is 1.66 bits per heavy atom. The van der Waals surface area contributed by atoms with Gasteiger partial charge < -0.3 is 25.7 Å². The van der Waals surface area contributed by atoms with E-state index in [1.54, 1.807) is 30.3 Å². The van der Waals surface area contributed by atoms with Crippen molar-refractivity contribution >= 4 is 40.7 Å². The van der Waals surface area contributed by atoms with Gasteiger partial charge in [0, 0.05) is 18.5 Å². The number of amides is 2. The first kappa shape index (κ1) is 31.7. The monoisotopic (exact) mass is 613 g/mol. The number of anilines is 1. The van der Waals surface area contributed by atoms with Crippen molar-refractivity contribution < 1.29 is 41.5 Å². The number of nitrogens with zero attached hydrogens (tertiary/aromatic N) is 1. The summed E-state index contributed by atoms with van der Waals surface area (Å²) in [7, 11) is 0. The maximum atomic E-state index is 15.0. The highest BCUT2D eigenvalue weighted by Crippen LogP contribution is 2.27. The van der Waals surface area contributed by atoms with E-state index in [4.69, 9.17) is 0 Å². The van der Waals surface area contributed by atoms with Crippen molar-refractivity contribution in [2.75, 3.05) is 18.4 Å². The molecule has 0 radical (unpaired) electrons. The van der Waals surface area contributed by atoms with Crippen molar-refractivity contribution in [1.82, 2.24) is 20.6 Å². The zero-order valence-corrected chi connectivity index (χ0v) is 23.0. The normalized spacial score (nSPS) is 11.9. The molecule has 0 aliphatic rings. The topological polar surface area (TPSA) is 142 Å². The summed E-state index contributed by atoms with van der Waals surface area (Å²) in [6, 6.07) is 18.3. The maximum Gasteiger partial charge on any atom is 0.491 e. The Bertz CT molecular complexity index is 1610. The van der Waals surface area contributed by atoms with Gasteiger partial charge in [-0.05, 0) is 35.7 Å². The van der Waals surface area contributed by atoms with Crippen molar-refractivity contribution in [1.29, 1.82) is 0 Å². The fraction of sp³-hybridized carbons (Fsp3) is 0.233. The molecule has 0 aliphatic heterocycles. The van der Waals surface area contributed by atoms with Gasteiger partial charge in [-0.1, -0.05) is 54.6 Å². The standard InChI is InChI=1S/C30H27F4N5O5/c31-21-15-19(12-13-20(21)18-7-2-1-3-8-18)24(16-27(42)44-28(43)30(32,33)34)37-26(41)17-36-25(40)11-6-14-35-29-38-22-9-4-5-10-23(22)39-29/h1-5,7-10,12-13,15,24H,6,11,14,16-17H2,(H,36,40)(H,37,41)(H2,35,38,39). The molecule has 1 unspecified atom stereocenters. The summed E-state index contributed by atoms with van der Waals surface area (Å²) in [5.41, 5.74) is 2.41. The number of ether oxygens (including phenoxy) is 1. The number of aromatic nitrogens is 2. The number of hydrogen-bond acceptors (Lipinski definition) is 7. The van der Waals surface area contributed by atoms with E-state index in [9.17, 15) is 32.3 Å². The third kappa shape index (κ3) is 8.86. The van der Waals surface area contributed by atoms with E-state index in [1.165, 1.54) is 12.1 Å². The van der Waals surface area contributed by atoms with Gasteiger partial charge in [0.2, 0.25) is 17.8 Å². The summed E-state index contributed by atoms with van der Waals surface area (Å²) >= 11 is 0. The average molecular weight is 614 g/mol. The number of H-pyrrole nitrogens is 1. The molecule has 44 heavy (non-hydrogen) atoms. The number of aromatic amines is 1. The van der Waals surface area contributed by atoms with Crippen LogP contribution in [0, 0.1) is 5.82 Å². The quantitative estimate of drug-likeness (QED) is 0.0795. The second-order valence-corrected chi connectivity index (χ2v) is 9.60. The number of carbonyl (C=O) groups excluding carboxylic acids is 4. The molecule has 3 aromatic carbocycles. The van der Waals surface area contributed by atoms with Crippen molar-refractivity contribution in [3.8, 4) is 11.1 Å². The molecule has 1 atom stereocenters. The lowest BCUT2D eigenvalue weighted by Gasteiger charge is -2.19. The highest BCUT2D eigenvalue weighted by atomic mass is 19.4. The smallest absolute Gasteiger partial charge is 0.386 e. The molecular formula is C30H27F4N5O5. The van der Waals surface area contributed by atoms with Crippen LogP contribution >= 0.6 is 0 Å². The Labute approximate surface area is 248 Å². The number of benzene rings is 3. The highest BCUT2D eigenvalue weighted by molar-refractivity contribution is 5.89. The van der Waals surface area contributed by atoms with Crippen LogP contribution in [0.4, 0.5) is 23.5 Å². The van der Waals surface area contributed by atoms with Gasteiger partial charge in [-0.25, -0.2) is 14.2 Å². The molecule has 1 heterocycles. The molecule has 0 saturated carbocycles. The average Bonchev–Trinajstić information content (AvgIpc) is 3.41. The first-order valence-electron chi connectivity index (χ1n) is 13.4. The van der Waals surface area contributed by atoms with Crippen LogP contribution in [-0.2, 0) is 23.9 Å². The predicted octanol–water partition coefficient (Wildman–Crippen LogP) is 4.56. The van der Waals surface area contributed by atoms with Crippen LogP contribution in [-0.4, -0.2) is 53.0 Å². The number of alkyl halides is 3. The van der Waals surface area contributed by atoms with Crippen LogP contribution in [0.15, 0.2) is 72.8 Å². The van der Waals surface area contributed by atoms with Gasteiger partial charge in [-0.15, -0.1) is 0 Å². The molecule has 4 N–H and O–H groups in total. The van der Waals surface area contributed by atoms with E-state index in [-0.39, 0.29) is 17.5 Å². The Morgan fingerprint density at radius 1 is 0.932 bits per heavy atom. The van der Waals surface area contributed by atoms with E-state index < -0.39 is 54.8 Å². The lowest BCUT2D eigenvalue weighted by atomic mass is 9.98. The zero-order valence-electron chi connectivity index (χ0n) is 23.0. The van der Waals surface area contributed by atoms with Crippen molar-refractivity contribution in [3.63, 3.8) is 0 Å². The molecule has 4 rings (SSSR count). The minimum Gasteiger partial charge on any atom is -0.386 e. The van der Waals surface area contributed by atoms with Crippen LogP contribution in [0.25, 0.3) is 22.2 Å². The van der Waals surface area contributed by atoms with Gasteiger partial charge in [0.25, 0.3) is 0 Å². The number of carbonyl (C=O) groups is 4. The molecule has 0 saturated heterocycles. The van der Waals surface area contributed by atoms with Crippen molar-refractivity contribution in [2.45, 2.75) is 31.5 Å². The van der Waals surface area contributed by atoms with Gasteiger partial charge in [-0.2, -0.15) is 13.2 Å². The Morgan fingerprint density at radius 3 is 2.36 bits per heavy atom. The number of hydrogen-bond donors (Lipinski definition) is 4. The lowest BCUT2D eigenvalue weighted by Crippen LogP contribution is -2.39. The summed E-state index contributed by atoms with van der Waals surface area (Å²) in [6.07, 6.45) is -5.87. The number of nitrogens with one attached hydrogen (secondary N) is 4. The molecule has 4 aromatic rings. The molecule has 0 bridgehead atoms. The molecule has 1 aromatic heterocycles. The summed E-state index contributed by atoms with van der Waals surface area (Å²) in [5, 5.41) is 7.86. The summed E-state index contributed by atoms with van der Waals surface area (Å²) in [6.45, 7) is -0.127. The second-order valence-electron chi connectivity index (χ2n) is 9.60.